The number of nitrogens with one attached hydrogen (secondary N) is 2. The van der Waals surface area contributed by atoms with E-state index < -0.39 is 44.6 Å². The molecule has 2 heterocycles. The predicted molar refractivity (Wildman–Crippen MR) is 150 cm³/mol. The first kappa shape index (κ1) is 31.2. The monoisotopic (exact) mass is 617 g/mol. The molecule has 3 aromatic rings. The summed E-state index contributed by atoms with van der Waals surface area (Å²) in [5.41, 5.74) is 0.253. The van der Waals surface area contributed by atoms with Crippen molar-refractivity contribution in [3.63, 3.8) is 0 Å². The van der Waals surface area contributed by atoms with Crippen LogP contribution in [0.2, 0.25) is 5.02 Å². The lowest BCUT2D eigenvalue weighted by molar-refractivity contribution is 0.168. The fourth-order valence-corrected chi connectivity index (χ4v) is 5.55. The van der Waals surface area contributed by atoms with Crippen molar-refractivity contribution in [1.29, 1.82) is 0 Å². The Balaban J connectivity index is 2.09. The molecular formula is C23H29ClFN7O6S2. The molecule has 1 amide bonds. The summed E-state index contributed by atoms with van der Waals surface area (Å²) >= 11 is 3.40. The number of ether oxygens (including phenoxy) is 1. The molecular weight excluding hydrogens is 589 g/mol. The minimum absolute atomic E-state index is 0.0162. The molecule has 3 rings (SSSR count). The van der Waals surface area contributed by atoms with E-state index in [2.05, 4.69) is 30.4 Å². The van der Waals surface area contributed by atoms with Crippen molar-refractivity contribution in [3.8, 4) is 22.5 Å². The van der Waals surface area contributed by atoms with Gasteiger partial charge in [-0.25, -0.2) is 31.8 Å². The Labute approximate surface area is 238 Å². The van der Waals surface area contributed by atoms with Gasteiger partial charge in [0, 0.05) is 53.4 Å². The molecule has 0 aliphatic carbocycles. The normalized spacial score (nSPS) is 13.1. The van der Waals surface area contributed by atoms with Gasteiger partial charge in [0.25, 0.3) is 11.3 Å². The van der Waals surface area contributed by atoms with E-state index in [1.165, 1.54) is 19.4 Å². The van der Waals surface area contributed by atoms with Gasteiger partial charge in [0.1, 0.15) is 11.6 Å². The number of rotatable bonds is 11. The molecule has 0 bridgehead atoms. The lowest BCUT2D eigenvalue weighted by atomic mass is 10.0. The second kappa shape index (κ2) is 12.9. The third-order valence-electron chi connectivity index (χ3n) is 5.39. The maximum atomic E-state index is 16.0. The van der Waals surface area contributed by atoms with Crippen LogP contribution in [0.3, 0.4) is 0 Å². The van der Waals surface area contributed by atoms with E-state index >= 15 is 4.39 Å². The summed E-state index contributed by atoms with van der Waals surface area (Å²) in [6, 6.07) is 3.50. The summed E-state index contributed by atoms with van der Waals surface area (Å²) in [5.74, 6) is -1.70. The van der Waals surface area contributed by atoms with Crippen LogP contribution in [0.25, 0.3) is 22.5 Å². The Kier molecular flexibility index (Phi) is 10.0. The van der Waals surface area contributed by atoms with Crippen LogP contribution >= 0.6 is 11.6 Å². The molecule has 0 saturated heterocycles. The Morgan fingerprint density at radius 2 is 2.00 bits per heavy atom. The van der Waals surface area contributed by atoms with Gasteiger partial charge in [-0.05, 0) is 39.0 Å². The molecule has 0 spiro atoms. The Bertz CT molecular complexity index is 1520. The summed E-state index contributed by atoms with van der Waals surface area (Å²) in [6.45, 7) is 5.76. The Morgan fingerprint density at radius 3 is 2.60 bits per heavy atom. The lowest BCUT2D eigenvalue weighted by Crippen LogP contribution is -2.37. The molecule has 0 fully saturated rings. The summed E-state index contributed by atoms with van der Waals surface area (Å²) < 4.78 is 68.1. The zero-order valence-electron chi connectivity index (χ0n) is 22.3. The first-order valence-corrected chi connectivity index (χ1v) is 15.3. The standard InChI is InChI=1S/C23H29ClFN7O6S2/c1-13(2)31-11-17(18-6-7-26-22(29-18)27-10-14(3)28-23(33)38-4)21(30-31)16-8-15(24)9-19(20(16)25)32(39(34)35)12-40(5,36)37/h6-9,11,13-14H,10,12H2,1-5H3,(H,28,33)(H,34,35)(H,26,27,29)/t14-/m0/s1. The van der Waals surface area contributed by atoms with Gasteiger partial charge >= 0.3 is 6.09 Å². The minimum Gasteiger partial charge on any atom is -0.453 e. The molecule has 1 unspecified atom stereocenters. The average molecular weight is 618 g/mol. The zero-order valence-corrected chi connectivity index (χ0v) is 24.6. The van der Waals surface area contributed by atoms with E-state index in [4.69, 9.17) is 11.6 Å². The smallest absolute Gasteiger partial charge is 0.407 e. The zero-order chi connectivity index (χ0) is 29.8. The lowest BCUT2D eigenvalue weighted by Gasteiger charge is -2.21. The van der Waals surface area contributed by atoms with Crippen LogP contribution in [0.1, 0.15) is 26.8 Å². The number of amides is 1. The molecule has 2 atom stereocenters. The highest BCUT2D eigenvalue weighted by Crippen LogP contribution is 2.38. The van der Waals surface area contributed by atoms with Crippen LogP contribution in [0.4, 0.5) is 20.8 Å². The number of anilines is 2. The van der Waals surface area contributed by atoms with E-state index in [-0.39, 0.29) is 40.9 Å². The minimum atomic E-state index is -3.82. The van der Waals surface area contributed by atoms with Gasteiger partial charge in [0.05, 0.1) is 18.5 Å². The molecule has 1 aromatic carbocycles. The number of benzene rings is 1. The highest BCUT2D eigenvalue weighted by molar-refractivity contribution is 7.92. The molecule has 0 saturated carbocycles. The fraction of sp³-hybridized carbons (Fsp3) is 0.391. The summed E-state index contributed by atoms with van der Waals surface area (Å²) in [4.78, 5) is 20.1. The summed E-state index contributed by atoms with van der Waals surface area (Å²) in [7, 11) is -2.56. The summed E-state index contributed by atoms with van der Waals surface area (Å²) in [6.07, 6.45) is 3.41. The number of aromatic nitrogens is 4. The number of alkyl carbamates (subject to hydrolysis) is 1. The Hall–Kier alpha value is -3.34. The fourth-order valence-electron chi connectivity index (χ4n) is 3.53. The van der Waals surface area contributed by atoms with E-state index in [9.17, 15) is 22.0 Å². The van der Waals surface area contributed by atoms with Gasteiger partial charge in [-0.15, -0.1) is 0 Å². The Morgan fingerprint density at radius 1 is 1.30 bits per heavy atom. The van der Waals surface area contributed by atoms with E-state index in [0.29, 0.717) is 15.6 Å². The van der Waals surface area contributed by atoms with Gasteiger partial charge in [0.2, 0.25) is 5.95 Å². The van der Waals surface area contributed by atoms with Crippen LogP contribution in [0.5, 0.6) is 0 Å². The van der Waals surface area contributed by atoms with Crippen LogP contribution in [0.15, 0.2) is 30.6 Å². The van der Waals surface area contributed by atoms with Crippen molar-refractivity contribution < 1.29 is 31.1 Å². The number of carbonyl (C=O) groups is 1. The molecule has 40 heavy (non-hydrogen) atoms. The van der Waals surface area contributed by atoms with E-state index in [1.54, 1.807) is 23.9 Å². The third kappa shape index (κ3) is 7.87. The van der Waals surface area contributed by atoms with Crippen molar-refractivity contribution in [2.24, 2.45) is 0 Å². The highest BCUT2D eigenvalue weighted by atomic mass is 35.5. The summed E-state index contributed by atoms with van der Waals surface area (Å²) in [5, 5.41) is 10.1. The van der Waals surface area contributed by atoms with Gasteiger partial charge < -0.3 is 15.4 Å². The number of halogens is 2. The maximum absolute atomic E-state index is 16.0. The molecule has 17 heteroatoms. The number of carbonyl (C=O) groups excluding carboxylic acids is 1. The van der Waals surface area contributed by atoms with Gasteiger partial charge in [-0.1, -0.05) is 11.6 Å². The van der Waals surface area contributed by atoms with Crippen molar-refractivity contribution >= 4 is 50.4 Å². The van der Waals surface area contributed by atoms with Crippen molar-refractivity contribution in [2.45, 2.75) is 32.9 Å². The number of hydrogen-bond acceptors (Lipinski definition) is 9. The van der Waals surface area contributed by atoms with Gasteiger partial charge in [0.15, 0.2) is 15.7 Å². The topological polar surface area (TPSA) is 169 Å². The second-order valence-corrected chi connectivity index (χ2v) is 12.5. The van der Waals surface area contributed by atoms with E-state index in [1.807, 2.05) is 13.8 Å². The molecule has 218 valence electrons. The van der Waals surface area contributed by atoms with Crippen LogP contribution in [-0.4, -0.2) is 74.9 Å². The number of sulfone groups is 1. The van der Waals surface area contributed by atoms with E-state index in [0.717, 1.165) is 12.3 Å². The first-order valence-electron chi connectivity index (χ1n) is 11.8. The predicted octanol–water partition coefficient (Wildman–Crippen LogP) is 3.48. The molecule has 2 aromatic heterocycles. The second-order valence-electron chi connectivity index (χ2n) is 9.10. The van der Waals surface area contributed by atoms with Crippen molar-refractivity contribution in [3.05, 3.63) is 41.4 Å². The van der Waals surface area contributed by atoms with Crippen LogP contribution in [-0.2, 0) is 25.8 Å². The SMILES string of the molecule is COC(=O)N[C@@H](C)CNc1nccc(-c2cn(C(C)C)nc2-c2cc(Cl)cc(N(CS(C)(=O)=O)S(=O)O)c2F)n1. The third-order valence-corrected chi connectivity index (χ3v) is 7.20. The largest absolute Gasteiger partial charge is 0.453 e. The van der Waals surface area contributed by atoms with Gasteiger partial charge in [-0.2, -0.15) is 5.10 Å². The van der Waals surface area contributed by atoms with Crippen molar-refractivity contribution in [1.82, 2.24) is 25.1 Å². The van der Waals surface area contributed by atoms with Crippen LogP contribution in [0, 0.1) is 5.82 Å². The quantitative estimate of drug-likeness (QED) is 0.271. The molecule has 0 aliphatic rings. The first-order chi connectivity index (χ1) is 18.7. The van der Waals surface area contributed by atoms with Crippen molar-refractivity contribution in [2.75, 3.05) is 35.4 Å². The maximum Gasteiger partial charge on any atom is 0.407 e. The molecule has 0 radical (unpaired) electrons. The number of methoxy groups -OCH3 is 1. The average Bonchev–Trinajstić information content (AvgIpc) is 3.32. The molecule has 3 N–H and O–H groups in total. The van der Waals surface area contributed by atoms with Crippen LogP contribution < -0.4 is 14.9 Å². The number of hydrogen-bond donors (Lipinski definition) is 3. The van der Waals surface area contributed by atoms with Gasteiger partial charge in [-0.3, -0.25) is 13.5 Å². The molecule has 13 nitrogen and oxygen atoms in total. The highest BCUT2D eigenvalue weighted by Gasteiger charge is 2.27. The number of nitrogens with zero attached hydrogens (tertiary/aromatic N) is 5. The molecule has 0 aliphatic heterocycles.